The molecule has 1 saturated heterocycles. The van der Waals surface area contributed by atoms with Crippen LogP contribution in [0.1, 0.15) is 23.7 Å². The number of nitro groups is 2. The predicted molar refractivity (Wildman–Crippen MR) is 113 cm³/mol. The number of piperazine rings is 1. The number of benzene rings is 2. The van der Waals surface area contributed by atoms with Gasteiger partial charge in [0.1, 0.15) is 0 Å². The number of rotatable bonds is 6. The van der Waals surface area contributed by atoms with E-state index in [2.05, 4.69) is 10.2 Å². The molecule has 0 atom stereocenters. The van der Waals surface area contributed by atoms with E-state index in [1.54, 1.807) is 12.1 Å². The average molecular weight is 427 g/mol. The third-order valence-electron chi connectivity index (χ3n) is 5.01. The zero-order valence-electron chi connectivity index (χ0n) is 16.8. The second-order valence-electron chi connectivity index (χ2n) is 6.97. The van der Waals surface area contributed by atoms with Crippen molar-refractivity contribution in [2.24, 2.45) is 0 Å². The quantitative estimate of drug-likeness (QED) is 0.552. The van der Waals surface area contributed by atoms with E-state index in [1.807, 2.05) is 24.0 Å². The Balaban J connectivity index is 1.68. The first-order valence-electron chi connectivity index (χ1n) is 9.66. The van der Waals surface area contributed by atoms with Crippen molar-refractivity contribution >= 4 is 34.6 Å². The molecule has 11 nitrogen and oxygen atoms in total. The van der Waals surface area contributed by atoms with E-state index in [9.17, 15) is 29.8 Å². The van der Waals surface area contributed by atoms with Gasteiger partial charge in [0.15, 0.2) is 0 Å². The molecular weight excluding hydrogens is 406 g/mol. The number of hydrogen-bond acceptors (Lipinski definition) is 7. The van der Waals surface area contributed by atoms with Gasteiger partial charge in [0.05, 0.1) is 21.5 Å². The van der Waals surface area contributed by atoms with Gasteiger partial charge in [-0.2, -0.15) is 0 Å². The first kappa shape index (κ1) is 21.7. The molecule has 1 fully saturated rings. The molecule has 1 aliphatic heterocycles. The van der Waals surface area contributed by atoms with Crippen LogP contribution in [-0.2, 0) is 4.79 Å². The van der Waals surface area contributed by atoms with Crippen molar-refractivity contribution in [2.45, 2.75) is 13.3 Å². The van der Waals surface area contributed by atoms with Crippen LogP contribution < -0.4 is 10.2 Å². The van der Waals surface area contributed by atoms with Gasteiger partial charge in [-0.1, -0.05) is 6.92 Å². The Morgan fingerprint density at radius 3 is 1.97 bits per heavy atom. The molecular formula is C20H21N5O6. The summed E-state index contributed by atoms with van der Waals surface area (Å²) in [6.07, 6.45) is 0.488. The van der Waals surface area contributed by atoms with E-state index < -0.39 is 27.1 Å². The fourth-order valence-corrected chi connectivity index (χ4v) is 3.33. The van der Waals surface area contributed by atoms with Crippen molar-refractivity contribution in [2.75, 3.05) is 36.4 Å². The van der Waals surface area contributed by atoms with Crippen LogP contribution >= 0.6 is 0 Å². The highest BCUT2D eigenvalue weighted by Gasteiger charge is 2.21. The predicted octanol–water partition coefficient (Wildman–Crippen LogP) is 2.81. The smallest absolute Gasteiger partial charge is 0.277 e. The van der Waals surface area contributed by atoms with E-state index in [0.29, 0.717) is 38.3 Å². The molecule has 0 radical (unpaired) electrons. The highest BCUT2D eigenvalue weighted by atomic mass is 16.6. The number of nitro benzene ring substituents is 2. The zero-order chi connectivity index (χ0) is 22.5. The second kappa shape index (κ2) is 9.20. The van der Waals surface area contributed by atoms with Crippen LogP contribution in [0.4, 0.5) is 22.7 Å². The van der Waals surface area contributed by atoms with Crippen LogP contribution in [0, 0.1) is 20.2 Å². The zero-order valence-corrected chi connectivity index (χ0v) is 16.8. The van der Waals surface area contributed by atoms with Crippen molar-refractivity contribution in [1.29, 1.82) is 0 Å². The Kier molecular flexibility index (Phi) is 6.43. The van der Waals surface area contributed by atoms with Crippen LogP contribution in [0.2, 0.25) is 0 Å². The topological polar surface area (TPSA) is 139 Å². The lowest BCUT2D eigenvalue weighted by Crippen LogP contribution is -2.48. The van der Waals surface area contributed by atoms with E-state index >= 15 is 0 Å². The Morgan fingerprint density at radius 2 is 1.48 bits per heavy atom. The number of non-ortho nitro benzene ring substituents is 2. The maximum absolute atomic E-state index is 12.5. The fraction of sp³-hybridized carbons (Fsp3) is 0.300. The number of anilines is 2. The number of nitrogens with one attached hydrogen (secondary N) is 1. The molecule has 0 spiro atoms. The number of carbonyl (C=O) groups excluding carboxylic acids is 2. The molecule has 0 bridgehead atoms. The Labute approximate surface area is 177 Å². The Bertz CT molecular complexity index is 983. The van der Waals surface area contributed by atoms with Gasteiger partial charge in [-0.25, -0.2) is 0 Å². The largest absolute Gasteiger partial charge is 0.368 e. The summed E-state index contributed by atoms with van der Waals surface area (Å²) in [6, 6.07) is 9.80. The molecule has 2 aromatic carbocycles. The first-order chi connectivity index (χ1) is 14.8. The minimum absolute atomic E-state index is 0.138. The molecule has 162 valence electrons. The third-order valence-corrected chi connectivity index (χ3v) is 5.01. The molecule has 0 unspecified atom stereocenters. The Hall–Kier alpha value is -4.02. The SMILES string of the molecule is CCC(=O)N1CCN(c2ccc(NC(=O)c3cc([N+](=O)[O-])cc([N+](=O)[O-])c3)cc2)CC1. The molecule has 31 heavy (non-hydrogen) atoms. The molecule has 0 saturated carbocycles. The normalized spacial score (nSPS) is 13.6. The van der Waals surface area contributed by atoms with Crippen molar-refractivity contribution in [3.05, 3.63) is 68.3 Å². The minimum Gasteiger partial charge on any atom is -0.368 e. The van der Waals surface area contributed by atoms with Gasteiger partial charge in [-0.05, 0) is 24.3 Å². The maximum Gasteiger partial charge on any atom is 0.277 e. The van der Waals surface area contributed by atoms with Crippen LogP contribution in [0.3, 0.4) is 0 Å². The summed E-state index contributed by atoms with van der Waals surface area (Å²) in [7, 11) is 0. The van der Waals surface area contributed by atoms with Crippen molar-refractivity contribution < 1.29 is 19.4 Å². The average Bonchev–Trinajstić information content (AvgIpc) is 2.78. The van der Waals surface area contributed by atoms with Gasteiger partial charge >= 0.3 is 0 Å². The molecule has 2 amide bonds. The molecule has 3 rings (SSSR count). The van der Waals surface area contributed by atoms with Gasteiger partial charge in [0.2, 0.25) is 5.91 Å². The molecule has 1 aliphatic rings. The van der Waals surface area contributed by atoms with E-state index in [0.717, 1.165) is 23.9 Å². The fourth-order valence-electron chi connectivity index (χ4n) is 3.33. The van der Waals surface area contributed by atoms with Crippen LogP contribution in [0.5, 0.6) is 0 Å². The number of amides is 2. The standard InChI is InChI=1S/C20H21N5O6/c1-2-19(26)23-9-7-22(8-10-23)16-5-3-15(4-6-16)21-20(27)14-11-17(24(28)29)13-18(12-14)25(30)31/h3-6,11-13H,2,7-10H2,1H3,(H,21,27). The number of hydrogen-bond donors (Lipinski definition) is 1. The summed E-state index contributed by atoms with van der Waals surface area (Å²) in [4.78, 5) is 48.7. The lowest BCUT2D eigenvalue weighted by Gasteiger charge is -2.36. The molecule has 1 N–H and O–H groups in total. The number of carbonyl (C=O) groups is 2. The molecule has 0 aliphatic carbocycles. The summed E-state index contributed by atoms with van der Waals surface area (Å²) in [6.45, 7) is 4.55. The molecule has 1 heterocycles. The second-order valence-corrected chi connectivity index (χ2v) is 6.97. The van der Waals surface area contributed by atoms with Crippen molar-refractivity contribution in [3.63, 3.8) is 0 Å². The summed E-state index contributed by atoms with van der Waals surface area (Å²) in [5, 5.41) is 24.6. The van der Waals surface area contributed by atoms with Crippen LogP contribution in [-0.4, -0.2) is 52.7 Å². The lowest BCUT2D eigenvalue weighted by molar-refractivity contribution is -0.394. The van der Waals surface area contributed by atoms with Crippen LogP contribution in [0.15, 0.2) is 42.5 Å². The van der Waals surface area contributed by atoms with Gasteiger partial charge in [-0.15, -0.1) is 0 Å². The van der Waals surface area contributed by atoms with E-state index in [4.69, 9.17) is 0 Å². The molecule has 0 aromatic heterocycles. The summed E-state index contributed by atoms with van der Waals surface area (Å²) < 4.78 is 0. The van der Waals surface area contributed by atoms with E-state index in [-0.39, 0.29) is 11.5 Å². The Morgan fingerprint density at radius 1 is 0.935 bits per heavy atom. The van der Waals surface area contributed by atoms with Gasteiger partial charge in [-0.3, -0.25) is 29.8 Å². The highest BCUT2D eigenvalue weighted by molar-refractivity contribution is 6.05. The highest BCUT2D eigenvalue weighted by Crippen LogP contribution is 2.24. The monoisotopic (exact) mass is 427 g/mol. The lowest BCUT2D eigenvalue weighted by atomic mass is 10.1. The summed E-state index contributed by atoms with van der Waals surface area (Å²) in [5.74, 6) is -0.551. The molecule has 11 heteroatoms. The van der Waals surface area contributed by atoms with Gasteiger partial charge in [0.25, 0.3) is 17.3 Å². The summed E-state index contributed by atoms with van der Waals surface area (Å²) >= 11 is 0. The van der Waals surface area contributed by atoms with E-state index in [1.165, 1.54) is 0 Å². The van der Waals surface area contributed by atoms with Crippen molar-refractivity contribution in [1.82, 2.24) is 4.90 Å². The maximum atomic E-state index is 12.5. The van der Waals surface area contributed by atoms with Gasteiger partial charge in [0, 0.05) is 56.1 Å². The molecule has 2 aromatic rings. The third kappa shape index (κ3) is 5.13. The minimum atomic E-state index is -0.785. The van der Waals surface area contributed by atoms with Crippen molar-refractivity contribution in [3.8, 4) is 0 Å². The first-order valence-corrected chi connectivity index (χ1v) is 9.66. The van der Waals surface area contributed by atoms with Crippen LogP contribution in [0.25, 0.3) is 0 Å². The van der Waals surface area contributed by atoms with Gasteiger partial charge < -0.3 is 15.1 Å². The number of nitrogens with zero attached hydrogens (tertiary/aromatic N) is 4. The summed E-state index contributed by atoms with van der Waals surface area (Å²) in [5.41, 5.74) is 0.141.